The molecule has 2 N–H and O–H groups in total. The van der Waals surface area contributed by atoms with Gasteiger partial charge in [0.05, 0.1) is 6.26 Å². The minimum absolute atomic E-state index is 0.139. The van der Waals surface area contributed by atoms with Crippen LogP contribution in [-0.2, 0) is 14.8 Å². The van der Waals surface area contributed by atoms with Crippen LogP contribution in [0.3, 0.4) is 0 Å². The van der Waals surface area contributed by atoms with Gasteiger partial charge in [0.1, 0.15) is 0 Å². The molecule has 0 heterocycles. The van der Waals surface area contributed by atoms with E-state index in [1.54, 1.807) is 30.3 Å². The maximum Gasteiger partial charge on any atom is 0.243 e. The first-order valence-electron chi connectivity index (χ1n) is 5.94. The maximum atomic E-state index is 11.3. The van der Waals surface area contributed by atoms with Gasteiger partial charge in [-0.05, 0) is 30.2 Å². The van der Waals surface area contributed by atoms with Crippen molar-refractivity contribution in [1.82, 2.24) is 5.32 Å². The summed E-state index contributed by atoms with van der Waals surface area (Å²) in [5, 5.41) is 2.73. The fraction of sp³-hybridized carbons (Fsp3) is 0.308. The van der Waals surface area contributed by atoms with Crippen LogP contribution >= 0.6 is 0 Å². The van der Waals surface area contributed by atoms with E-state index in [4.69, 9.17) is 0 Å². The monoisotopic (exact) mass is 282 g/mol. The van der Waals surface area contributed by atoms with Crippen LogP contribution in [0.15, 0.2) is 30.3 Å². The summed E-state index contributed by atoms with van der Waals surface area (Å²) in [6.07, 6.45) is 5.12. The van der Waals surface area contributed by atoms with Gasteiger partial charge >= 0.3 is 0 Å². The second-order valence-electron chi connectivity index (χ2n) is 4.12. The van der Waals surface area contributed by atoms with Gasteiger partial charge in [0.15, 0.2) is 0 Å². The summed E-state index contributed by atoms with van der Waals surface area (Å²) in [5.74, 6) is -0.139. The van der Waals surface area contributed by atoms with Crippen LogP contribution in [0, 0.1) is 0 Å². The van der Waals surface area contributed by atoms with Crippen molar-refractivity contribution in [3.05, 3.63) is 35.9 Å². The highest BCUT2D eigenvalue weighted by atomic mass is 32.2. The SMILES string of the molecule is CCCNC(=O)/C=C/c1ccc(NS(C)(=O)=O)cc1. The maximum absolute atomic E-state index is 11.3. The van der Waals surface area contributed by atoms with Crippen molar-refractivity contribution < 1.29 is 13.2 Å². The average molecular weight is 282 g/mol. The Morgan fingerprint density at radius 1 is 1.26 bits per heavy atom. The highest BCUT2D eigenvalue weighted by Gasteiger charge is 2.00. The number of anilines is 1. The third-order valence-corrected chi connectivity index (χ3v) is 2.80. The zero-order valence-corrected chi connectivity index (χ0v) is 11.8. The number of rotatable bonds is 6. The van der Waals surface area contributed by atoms with Crippen LogP contribution in [0.5, 0.6) is 0 Å². The fourth-order valence-corrected chi connectivity index (χ4v) is 1.92. The summed E-state index contributed by atoms with van der Waals surface area (Å²) in [7, 11) is -3.26. The number of hydrogen-bond acceptors (Lipinski definition) is 3. The molecule has 5 nitrogen and oxygen atoms in total. The number of carbonyl (C=O) groups is 1. The second kappa shape index (κ2) is 6.94. The van der Waals surface area contributed by atoms with Crippen LogP contribution in [0.2, 0.25) is 0 Å². The third kappa shape index (κ3) is 6.61. The van der Waals surface area contributed by atoms with E-state index < -0.39 is 10.0 Å². The van der Waals surface area contributed by atoms with Gasteiger partial charge in [-0.2, -0.15) is 0 Å². The molecule has 0 bridgehead atoms. The third-order valence-electron chi connectivity index (χ3n) is 2.19. The van der Waals surface area contributed by atoms with Gasteiger partial charge in [-0.15, -0.1) is 0 Å². The zero-order chi connectivity index (χ0) is 14.3. The van der Waals surface area contributed by atoms with E-state index in [-0.39, 0.29) is 5.91 Å². The van der Waals surface area contributed by atoms with Crippen LogP contribution in [0.25, 0.3) is 6.08 Å². The summed E-state index contributed by atoms with van der Waals surface area (Å²) < 4.78 is 24.4. The Morgan fingerprint density at radius 2 is 1.89 bits per heavy atom. The van der Waals surface area contributed by atoms with Gasteiger partial charge in [-0.25, -0.2) is 8.42 Å². The molecule has 104 valence electrons. The Hall–Kier alpha value is -1.82. The molecule has 6 heteroatoms. The lowest BCUT2D eigenvalue weighted by Gasteiger charge is -2.03. The van der Waals surface area contributed by atoms with Gasteiger partial charge in [-0.3, -0.25) is 9.52 Å². The minimum Gasteiger partial charge on any atom is -0.353 e. The Bertz CT molecular complexity index is 548. The molecular formula is C13H18N2O3S. The van der Waals surface area contributed by atoms with Gasteiger partial charge in [0, 0.05) is 18.3 Å². The van der Waals surface area contributed by atoms with E-state index in [2.05, 4.69) is 10.0 Å². The lowest BCUT2D eigenvalue weighted by molar-refractivity contribution is -0.116. The van der Waals surface area contributed by atoms with Gasteiger partial charge in [0.2, 0.25) is 15.9 Å². The molecule has 0 saturated carbocycles. The first-order chi connectivity index (χ1) is 8.90. The smallest absolute Gasteiger partial charge is 0.243 e. The number of amides is 1. The summed E-state index contributed by atoms with van der Waals surface area (Å²) in [4.78, 5) is 11.3. The topological polar surface area (TPSA) is 75.3 Å². The van der Waals surface area contributed by atoms with Crippen molar-refractivity contribution in [3.8, 4) is 0 Å². The Labute approximate surface area is 113 Å². The van der Waals surface area contributed by atoms with Crippen LogP contribution in [0.1, 0.15) is 18.9 Å². The predicted octanol–water partition coefficient (Wildman–Crippen LogP) is 1.60. The number of nitrogens with one attached hydrogen (secondary N) is 2. The van der Waals surface area contributed by atoms with Gasteiger partial charge < -0.3 is 5.32 Å². The summed E-state index contributed by atoms with van der Waals surface area (Å²) >= 11 is 0. The number of hydrogen-bond donors (Lipinski definition) is 2. The number of sulfonamides is 1. The van der Waals surface area contributed by atoms with Crippen molar-refractivity contribution in [2.75, 3.05) is 17.5 Å². The first kappa shape index (κ1) is 15.2. The minimum atomic E-state index is -3.26. The summed E-state index contributed by atoms with van der Waals surface area (Å²) in [6.45, 7) is 2.64. The molecule has 0 aliphatic rings. The lowest BCUT2D eigenvalue weighted by Crippen LogP contribution is -2.21. The quantitative estimate of drug-likeness (QED) is 0.778. The van der Waals surface area contributed by atoms with Crippen molar-refractivity contribution in [1.29, 1.82) is 0 Å². The molecule has 0 aliphatic heterocycles. The molecule has 0 atom stereocenters. The number of benzene rings is 1. The fourth-order valence-electron chi connectivity index (χ4n) is 1.36. The van der Waals surface area contributed by atoms with E-state index in [9.17, 15) is 13.2 Å². The van der Waals surface area contributed by atoms with E-state index in [0.717, 1.165) is 18.2 Å². The Balaban J connectivity index is 2.62. The Kier molecular flexibility index (Phi) is 5.57. The standard InChI is InChI=1S/C13H18N2O3S/c1-3-10-14-13(16)9-6-11-4-7-12(8-5-11)15-19(2,17)18/h4-9,15H,3,10H2,1-2H3,(H,14,16)/b9-6+. The normalized spacial score (nSPS) is 11.5. The van der Waals surface area contributed by atoms with E-state index in [1.165, 1.54) is 6.08 Å². The molecule has 19 heavy (non-hydrogen) atoms. The number of carbonyl (C=O) groups excluding carboxylic acids is 1. The van der Waals surface area contributed by atoms with Crippen LogP contribution in [0.4, 0.5) is 5.69 Å². The molecule has 1 amide bonds. The molecule has 1 aromatic rings. The van der Waals surface area contributed by atoms with Crippen molar-refractivity contribution in [2.45, 2.75) is 13.3 Å². The average Bonchev–Trinajstić information content (AvgIpc) is 2.33. The predicted molar refractivity (Wildman–Crippen MR) is 77.2 cm³/mol. The zero-order valence-electron chi connectivity index (χ0n) is 11.0. The van der Waals surface area contributed by atoms with Gasteiger partial charge in [-0.1, -0.05) is 19.1 Å². The van der Waals surface area contributed by atoms with Crippen molar-refractivity contribution in [2.24, 2.45) is 0 Å². The lowest BCUT2D eigenvalue weighted by atomic mass is 10.2. The van der Waals surface area contributed by atoms with Crippen LogP contribution < -0.4 is 10.0 Å². The van der Waals surface area contributed by atoms with E-state index in [1.807, 2.05) is 6.92 Å². The molecule has 0 saturated heterocycles. The molecule has 0 aliphatic carbocycles. The van der Waals surface area contributed by atoms with Crippen molar-refractivity contribution >= 4 is 27.7 Å². The molecule has 0 aromatic heterocycles. The van der Waals surface area contributed by atoms with Gasteiger partial charge in [0.25, 0.3) is 0 Å². The van der Waals surface area contributed by atoms with E-state index in [0.29, 0.717) is 12.2 Å². The van der Waals surface area contributed by atoms with Crippen molar-refractivity contribution in [3.63, 3.8) is 0 Å². The first-order valence-corrected chi connectivity index (χ1v) is 7.83. The largest absolute Gasteiger partial charge is 0.353 e. The molecule has 0 spiro atoms. The summed E-state index contributed by atoms with van der Waals surface area (Å²) in [5.41, 5.74) is 1.32. The summed E-state index contributed by atoms with van der Waals surface area (Å²) in [6, 6.07) is 6.75. The second-order valence-corrected chi connectivity index (χ2v) is 5.87. The molecule has 0 radical (unpaired) electrons. The molecule has 0 unspecified atom stereocenters. The Morgan fingerprint density at radius 3 is 2.42 bits per heavy atom. The highest BCUT2D eigenvalue weighted by Crippen LogP contribution is 2.11. The molecule has 1 rings (SSSR count). The highest BCUT2D eigenvalue weighted by molar-refractivity contribution is 7.92. The molecule has 1 aromatic carbocycles. The van der Waals surface area contributed by atoms with Crippen LogP contribution in [-0.4, -0.2) is 27.1 Å². The van der Waals surface area contributed by atoms with E-state index >= 15 is 0 Å². The molecule has 0 fully saturated rings. The molecular weight excluding hydrogens is 264 g/mol.